The molecule has 13 heteroatoms. The fraction of sp³-hybridized carbons (Fsp3) is 0.853. The number of hydrogen-bond acceptors (Lipinski definition) is 7. The number of primary amides is 1. The van der Waals surface area contributed by atoms with Crippen LogP contribution >= 0.6 is 0 Å². The Morgan fingerprint density at radius 3 is 2.02 bits per heavy atom. The second-order valence-electron chi connectivity index (χ2n) is 16.7. The lowest BCUT2D eigenvalue weighted by Gasteiger charge is -2.41. The van der Waals surface area contributed by atoms with Gasteiger partial charge in [0.15, 0.2) is 9.84 Å². The highest BCUT2D eigenvalue weighted by Crippen LogP contribution is 2.43. The summed E-state index contributed by atoms with van der Waals surface area (Å²) in [7, 11) is -3.56. The van der Waals surface area contributed by atoms with Crippen LogP contribution in [0.4, 0.5) is 4.79 Å². The standard InChI is InChI=1S/C34H57N5O7S/c1-32(2,3)27(37-31(44)38-34(16-8-7-9-17-34)20-47(45,46)33(4,5)6)30(43)39-19-22-14-11-15-23(22)25(39)29(42)36-24(26(40)28(35)41)18-21-12-10-13-21/h21-25,27H,7-20H2,1-6H3,(H2,35,41)(H,36,42)(H2,37,38,44). The third-order valence-electron chi connectivity index (χ3n) is 11.1. The highest BCUT2D eigenvalue weighted by atomic mass is 32.2. The zero-order chi connectivity index (χ0) is 34.9. The summed E-state index contributed by atoms with van der Waals surface area (Å²) in [6, 6.07) is -3.52. The highest BCUT2D eigenvalue weighted by Gasteiger charge is 2.52. The second-order valence-corrected chi connectivity index (χ2v) is 19.5. The van der Waals surface area contributed by atoms with Gasteiger partial charge in [-0.25, -0.2) is 13.2 Å². The van der Waals surface area contributed by atoms with E-state index in [0.29, 0.717) is 25.8 Å². The zero-order valence-electron chi connectivity index (χ0n) is 29.2. The topological polar surface area (TPSA) is 185 Å². The summed E-state index contributed by atoms with van der Waals surface area (Å²) in [6.07, 6.45) is 9.32. The van der Waals surface area contributed by atoms with Gasteiger partial charge in [-0.1, -0.05) is 65.7 Å². The number of rotatable bonds is 11. The molecule has 5 amide bonds. The van der Waals surface area contributed by atoms with Gasteiger partial charge in [0.05, 0.1) is 22.1 Å². The van der Waals surface area contributed by atoms with Crippen molar-refractivity contribution >= 4 is 39.4 Å². The van der Waals surface area contributed by atoms with E-state index in [2.05, 4.69) is 16.0 Å². The minimum atomic E-state index is -3.56. The van der Waals surface area contributed by atoms with Crippen LogP contribution in [-0.2, 0) is 29.0 Å². The largest absolute Gasteiger partial charge is 0.363 e. The SMILES string of the molecule is CC(C)(C)C(NC(=O)NC1(CS(=O)(=O)C(C)(C)C)CCCCC1)C(=O)N1CC2CCCC2C1C(=O)NC(CC1CCC1)C(=O)C(N)=O. The number of nitrogens with one attached hydrogen (secondary N) is 3. The Balaban J connectivity index is 1.55. The summed E-state index contributed by atoms with van der Waals surface area (Å²) in [5.74, 6) is -2.76. The fourth-order valence-electron chi connectivity index (χ4n) is 7.93. The van der Waals surface area contributed by atoms with Gasteiger partial charge in [0, 0.05) is 6.54 Å². The Hall–Kier alpha value is -2.70. The first-order chi connectivity index (χ1) is 21.7. The molecule has 0 aromatic carbocycles. The van der Waals surface area contributed by atoms with E-state index in [1.807, 2.05) is 20.8 Å². The van der Waals surface area contributed by atoms with E-state index in [-0.39, 0.29) is 23.5 Å². The lowest BCUT2D eigenvalue weighted by atomic mass is 9.80. The lowest BCUT2D eigenvalue weighted by molar-refractivity contribution is -0.144. The maximum Gasteiger partial charge on any atom is 0.315 e. The van der Waals surface area contributed by atoms with Gasteiger partial charge in [0.2, 0.25) is 17.6 Å². The summed E-state index contributed by atoms with van der Waals surface area (Å²) in [6.45, 7) is 10.8. The van der Waals surface area contributed by atoms with Gasteiger partial charge < -0.3 is 26.6 Å². The van der Waals surface area contributed by atoms with Crippen LogP contribution < -0.4 is 21.7 Å². The van der Waals surface area contributed by atoms with Gasteiger partial charge in [0.25, 0.3) is 5.91 Å². The molecular formula is C34H57N5O7S. The number of nitrogens with zero attached hydrogens (tertiary/aromatic N) is 1. The quantitative estimate of drug-likeness (QED) is 0.242. The lowest BCUT2D eigenvalue weighted by Crippen LogP contribution is -2.64. The average molecular weight is 680 g/mol. The molecule has 0 aromatic rings. The van der Waals surface area contributed by atoms with Crippen molar-refractivity contribution in [2.75, 3.05) is 12.3 Å². The van der Waals surface area contributed by atoms with Gasteiger partial charge in [-0.15, -0.1) is 0 Å². The molecule has 0 bridgehead atoms. The maximum atomic E-state index is 14.4. The molecule has 12 nitrogen and oxygen atoms in total. The van der Waals surface area contributed by atoms with Crippen molar-refractivity contribution in [3.63, 3.8) is 0 Å². The number of sulfone groups is 1. The third kappa shape index (κ3) is 8.48. The Bertz CT molecular complexity index is 1320. The van der Waals surface area contributed by atoms with Crippen molar-refractivity contribution in [3.8, 4) is 0 Å². The van der Waals surface area contributed by atoms with Gasteiger partial charge in [-0.2, -0.15) is 0 Å². The Morgan fingerprint density at radius 1 is 0.872 bits per heavy atom. The van der Waals surface area contributed by atoms with Crippen LogP contribution in [-0.4, -0.2) is 83.6 Å². The van der Waals surface area contributed by atoms with Gasteiger partial charge in [0.1, 0.15) is 12.1 Å². The number of amides is 5. The normalized spacial score (nSPS) is 26.0. The zero-order valence-corrected chi connectivity index (χ0v) is 30.0. The monoisotopic (exact) mass is 679 g/mol. The smallest absolute Gasteiger partial charge is 0.315 e. The molecule has 1 saturated heterocycles. The molecule has 4 fully saturated rings. The molecule has 3 saturated carbocycles. The average Bonchev–Trinajstić information content (AvgIpc) is 3.52. The van der Waals surface area contributed by atoms with Crippen molar-refractivity contribution in [2.24, 2.45) is 28.9 Å². The number of Topliss-reactive ketones (excluding diaryl/α,β-unsaturated/α-hetero) is 1. The molecule has 4 rings (SSSR count). The third-order valence-corrected chi connectivity index (χ3v) is 13.9. The number of hydrogen-bond donors (Lipinski definition) is 4. The minimum absolute atomic E-state index is 0.102. The highest BCUT2D eigenvalue weighted by molar-refractivity contribution is 7.92. The van der Waals surface area contributed by atoms with E-state index in [1.165, 1.54) is 0 Å². The summed E-state index contributed by atoms with van der Waals surface area (Å²) in [4.78, 5) is 68.3. The molecule has 1 heterocycles. The maximum absolute atomic E-state index is 14.4. The number of likely N-dealkylation sites (tertiary alicyclic amines) is 1. The van der Waals surface area contributed by atoms with Crippen molar-refractivity contribution in [2.45, 2.75) is 147 Å². The van der Waals surface area contributed by atoms with Gasteiger partial charge in [-0.3, -0.25) is 19.2 Å². The van der Waals surface area contributed by atoms with Crippen LogP contribution in [0.5, 0.6) is 0 Å². The van der Waals surface area contributed by atoms with Crippen molar-refractivity contribution in [1.82, 2.24) is 20.9 Å². The Morgan fingerprint density at radius 2 is 1.49 bits per heavy atom. The molecule has 0 radical (unpaired) electrons. The van der Waals surface area contributed by atoms with Crippen molar-refractivity contribution in [1.29, 1.82) is 0 Å². The minimum Gasteiger partial charge on any atom is -0.363 e. The van der Waals surface area contributed by atoms with E-state index in [4.69, 9.17) is 5.73 Å². The van der Waals surface area contributed by atoms with Crippen LogP contribution in [0.2, 0.25) is 0 Å². The fourth-order valence-corrected chi connectivity index (χ4v) is 9.45. The molecule has 1 aliphatic heterocycles. The number of nitrogens with two attached hydrogens (primary N) is 1. The first-order valence-corrected chi connectivity index (χ1v) is 19.2. The second kappa shape index (κ2) is 14.0. The van der Waals surface area contributed by atoms with Crippen LogP contribution in [0.1, 0.15) is 119 Å². The first kappa shape index (κ1) is 37.1. The summed E-state index contributed by atoms with van der Waals surface area (Å²) in [5.41, 5.74) is 3.64. The molecule has 4 aliphatic rings. The van der Waals surface area contributed by atoms with Crippen LogP contribution in [0.25, 0.3) is 0 Å². The molecule has 47 heavy (non-hydrogen) atoms. The summed E-state index contributed by atoms with van der Waals surface area (Å²) in [5, 5.41) is 8.70. The van der Waals surface area contributed by atoms with Crippen LogP contribution in [0, 0.1) is 23.2 Å². The Labute approximate surface area is 280 Å². The molecular weight excluding hydrogens is 622 g/mol. The number of carbonyl (C=O) groups is 5. The predicted molar refractivity (Wildman–Crippen MR) is 179 cm³/mol. The van der Waals surface area contributed by atoms with E-state index in [1.54, 1.807) is 25.7 Å². The number of carbonyl (C=O) groups excluding carboxylic acids is 5. The molecule has 5 N–H and O–H groups in total. The molecule has 0 aromatic heterocycles. The number of ketones is 1. The molecule has 0 spiro atoms. The summed E-state index contributed by atoms with van der Waals surface area (Å²) < 4.78 is 25.6. The van der Waals surface area contributed by atoms with Crippen molar-refractivity contribution < 1.29 is 32.4 Å². The van der Waals surface area contributed by atoms with E-state index in [9.17, 15) is 32.4 Å². The van der Waals surface area contributed by atoms with E-state index < -0.39 is 73.2 Å². The molecule has 5 atom stereocenters. The van der Waals surface area contributed by atoms with Gasteiger partial charge in [-0.05, 0) is 76.0 Å². The molecule has 266 valence electrons. The molecule has 3 aliphatic carbocycles. The van der Waals surface area contributed by atoms with Crippen molar-refractivity contribution in [3.05, 3.63) is 0 Å². The predicted octanol–water partition coefficient (Wildman–Crippen LogP) is 2.97. The first-order valence-electron chi connectivity index (χ1n) is 17.5. The Kier molecular flexibility index (Phi) is 11.1. The summed E-state index contributed by atoms with van der Waals surface area (Å²) >= 11 is 0. The van der Waals surface area contributed by atoms with E-state index in [0.717, 1.165) is 57.8 Å². The number of fused-ring (bicyclic) bond motifs is 1. The van der Waals surface area contributed by atoms with E-state index >= 15 is 0 Å². The molecule has 5 unspecified atom stereocenters. The number of urea groups is 1. The van der Waals surface area contributed by atoms with Crippen LogP contribution in [0.15, 0.2) is 0 Å². The van der Waals surface area contributed by atoms with Crippen LogP contribution in [0.3, 0.4) is 0 Å². The van der Waals surface area contributed by atoms with Gasteiger partial charge >= 0.3 is 6.03 Å².